The fourth-order valence-electron chi connectivity index (χ4n) is 4.70. The second-order valence-corrected chi connectivity index (χ2v) is 9.15. The van der Waals surface area contributed by atoms with E-state index in [0.717, 1.165) is 11.1 Å². The van der Waals surface area contributed by atoms with Gasteiger partial charge in [-0.15, -0.1) is 0 Å². The van der Waals surface area contributed by atoms with Gasteiger partial charge in [-0.25, -0.2) is 4.39 Å². The molecule has 0 aliphatic carbocycles. The van der Waals surface area contributed by atoms with Crippen molar-refractivity contribution in [2.45, 2.75) is 19.6 Å². The van der Waals surface area contributed by atoms with Gasteiger partial charge in [-0.05, 0) is 54.4 Å². The van der Waals surface area contributed by atoms with Gasteiger partial charge in [0.05, 0.1) is 18.7 Å². The summed E-state index contributed by atoms with van der Waals surface area (Å²) in [7, 11) is 1.48. The lowest BCUT2D eigenvalue weighted by Crippen LogP contribution is -2.29. The van der Waals surface area contributed by atoms with Crippen molar-refractivity contribution in [3.63, 3.8) is 0 Å². The van der Waals surface area contributed by atoms with Crippen LogP contribution in [0.1, 0.15) is 28.3 Å². The van der Waals surface area contributed by atoms with E-state index < -0.39 is 29.3 Å². The van der Waals surface area contributed by atoms with Crippen LogP contribution in [0.3, 0.4) is 0 Å². The van der Waals surface area contributed by atoms with Crippen molar-refractivity contribution in [2.24, 2.45) is 0 Å². The minimum absolute atomic E-state index is 0.0839. The number of nitrogens with zero attached hydrogens (tertiary/aromatic N) is 1. The van der Waals surface area contributed by atoms with Crippen LogP contribution in [-0.4, -0.2) is 23.9 Å². The molecule has 196 valence electrons. The van der Waals surface area contributed by atoms with E-state index in [-0.39, 0.29) is 11.1 Å². The van der Waals surface area contributed by atoms with Crippen molar-refractivity contribution in [1.82, 2.24) is 0 Å². The molecule has 1 N–H and O–H groups in total. The Morgan fingerprint density at radius 2 is 1.67 bits per heavy atom. The third-order valence-electron chi connectivity index (χ3n) is 6.66. The first-order valence-corrected chi connectivity index (χ1v) is 12.4. The first-order chi connectivity index (χ1) is 18.9. The highest BCUT2D eigenvalue weighted by Gasteiger charge is 2.48. The molecule has 0 radical (unpaired) electrons. The van der Waals surface area contributed by atoms with Crippen LogP contribution in [0.4, 0.5) is 10.1 Å². The minimum atomic E-state index is -1.19. The molecule has 1 aliphatic heterocycles. The van der Waals surface area contributed by atoms with Gasteiger partial charge in [0.2, 0.25) is 0 Å². The first-order valence-electron chi connectivity index (χ1n) is 12.4. The van der Waals surface area contributed by atoms with E-state index >= 15 is 4.39 Å². The predicted octanol–water partition coefficient (Wildman–Crippen LogP) is 6.35. The molecular weight excluding hydrogens is 497 g/mol. The zero-order valence-electron chi connectivity index (χ0n) is 21.4. The average Bonchev–Trinajstić information content (AvgIpc) is 3.22. The number of Topliss-reactive ketones (excluding diaryl/α,β-unsaturated/α-hetero) is 1. The number of ether oxygens (including phenoxy) is 2. The van der Waals surface area contributed by atoms with Crippen molar-refractivity contribution in [1.29, 1.82) is 0 Å². The Kier molecular flexibility index (Phi) is 7.14. The molecule has 4 aromatic carbocycles. The second kappa shape index (κ2) is 10.8. The lowest BCUT2D eigenvalue weighted by molar-refractivity contribution is -0.132. The van der Waals surface area contributed by atoms with Crippen LogP contribution in [0.15, 0.2) is 103 Å². The van der Waals surface area contributed by atoms with Crippen molar-refractivity contribution in [3.05, 3.63) is 131 Å². The molecule has 1 amide bonds. The highest BCUT2D eigenvalue weighted by Crippen LogP contribution is 2.43. The number of benzene rings is 4. The zero-order valence-corrected chi connectivity index (χ0v) is 21.4. The van der Waals surface area contributed by atoms with E-state index in [0.29, 0.717) is 29.4 Å². The SMILES string of the molecule is COc1cccc(N2C(=O)C(=O)/C(=C(/O)c3ccc(OCc4ccccc4)c(C)c3)C2c2ccccc2F)c1. The lowest BCUT2D eigenvalue weighted by atomic mass is 9.94. The second-order valence-electron chi connectivity index (χ2n) is 9.15. The average molecular weight is 524 g/mol. The van der Waals surface area contributed by atoms with Gasteiger partial charge in [0.15, 0.2) is 0 Å². The number of aliphatic hydroxyl groups is 1. The number of carbonyl (C=O) groups excluding carboxylic acids is 2. The molecule has 0 spiro atoms. The highest BCUT2D eigenvalue weighted by molar-refractivity contribution is 6.51. The molecule has 1 heterocycles. The maximum absolute atomic E-state index is 15.1. The van der Waals surface area contributed by atoms with E-state index in [1.165, 1.54) is 30.2 Å². The van der Waals surface area contributed by atoms with Gasteiger partial charge in [0, 0.05) is 22.9 Å². The number of amides is 1. The molecule has 4 aromatic rings. The first kappa shape index (κ1) is 25.7. The number of aryl methyl sites for hydroxylation is 1. The van der Waals surface area contributed by atoms with Gasteiger partial charge < -0.3 is 14.6 Å². The van der Waals surface area contributed by atoms with Crippen LogP contribution in [-0.2, 0) is 16.2 Å². The molecule has 0 bridgehead atoms. The number of aliphatic hydroxyl groups excluding tert-OH is 1. The van der Waals surface area contributed by atoms with Crippen LogP contribution < -0.4 is 14.4 Å². The quantitative estimate of drug-likeness (QED) is 0.174. The summed E-state index contributed by atoms with van der Waals surface area (Å²) in [6.45, 7) is 2.19. The van der Waals surface area contributed by atoms with Crippen LogP contribution in [0.2, 0.25) is 0 Å². The van der Waals surface area contributed by atoms with Gasteiger partial charge in [-0.3, -0.25) is 14.5 Å². The van der Waals surface area contributed by atoms with Crippen LogP contribution >= 0.6 is 0 Å². The normalized spacial score (nSPS) is 16.4. The van der Waals surface area contributed by atoms with Crippen LogP contribution in [0.25, 0.3) is 5.76 Å². The Morgan fingerprint density at radius 1 is 0.923 bits per heavy atom. The maximum atomic E-state index is 15.1. The number of anilines is 1. The standard InChI is InChI=1S/C32H26FNO5/c1-20-17-22(15-16-27(20)39-19-21-9-4-3-5-10-21)30(35)28-29(25-13-6-7-14-26(25)33)34(32(37)31(28)36)23-11-8-12-24(18-23)38-2/h3-18,29,35H,19H2,1-2H3/b30-28+. The van der Waals surface area contributed by atoms with E-state index in [1.807, 2.05) is 37.3 Å². The number of carbonyl (C=O) groups is 2. The maximum Gasteiger partial charge on any atom is 0.300 e. The topological polar surface area (TPSA) is 76.1 Å². The highest BCUT2D eigenvalue weighted by atomic mass is 19.1. The van der Waals surface area contributed by atoms with Gasteiger partial charge in [-0.2, -0.15) is 0 Å². The summed E-state index contributed by atoms with van der Waals surface area (Å²) in [5.41, 5.74) is 2.26. The third kappa shape index (κ3) is 4.99. The summed E-state index contributed by atoms with van der Waals surface area (Å²) >= 11 is 0. The number of methoxy groups -OCH3 is 1. The number of hydrogen-bond donors (Lipinski definition) is 1. The molecule has 0 aromatic heterocycles. The molecule has 1 atom stereocenters. The van der Waals surface area contributed by atoms with Gasteiger partial charge in [0.25, 0.3) is 11.7 Å². The van der Waals surface area contributed by atoms with Crippen molar-refractivity contribution in [2.75, 3.05) is 12.0 Å². The molecule has 1 aliphatic rings. The molecule has 6 nitrogen and oxygen atoms in total. The summed E-state index contributed by atoms with van der Waals surface area (Å²) < 4.78 is 26.3. The Morgan fingerprint density at radius 3 is 2.38 bits per heavy atom. The lowest BCUT2D eigenvalue weighted by Gasteiger charge is -2.26. The van der Waals surface area contributed by atoms with Gasteiger partial charge in [0.1, 0.15) is 29.7 Å². The molecule has 7 heteroatoms. The molecule has 1 saturated heterocycles. The third-order valence-corrected chi connectivity index (χ3v) is 6.66. The molecule has 1 unspecified atom stereocenters. The summed E-state index contributed by atoms with van der Waals surface area (Å²) in [6, 6.07) is 26.0. The van der Waals surface area contributed by atoms with Crippen molar-refractivity contribution >= 4 is 23.1 Å². The zero-order chi connectivity index (χ0) is 27.5. The Hall–Kier alpha value is -4.91. The van der Waals surface area contributed by atoms with Crippen molar-refractivity contribution in [3.8, 4) is 11.5 Å². The Bertz CT molecular complexity index is 1580. The molecule has 39 heavy (non-hydrogen) atoms. The monoisotopic (exact) mass is 523 g/mol. The van der Waals surface area contributed by atoms with E-state index in [1.54, 1.807) is 48.5 Å². The molecule has 1 fully saturated rings. The molecule has 5 rings (SSSR count). The van der Waals surface area contributed by atoms with Crippen LogP contribution in [0.5, 0.6) is 11.5 Å². The minimum Gasteiger partial charge on any atom is -0.507 e. The fourth-order valence-corrected chi connectivity index (χ4v) is 4.70. The van der Waals surface area contributed by atoms with E-state index in [2.05, 4.69) is 0 Å². The Labute approximate surface area is 225 Å². The predicted molar refractivity (Wildman–Crippen MR) is 146 cm³/mol. The molecule has 0 saturated carbocycles. The fraction of sp³-hybridized carbons (Fsp3) is 0.125. The summed E-state index contributed by atoms with van der Waals surface area (Å²) in [5.74, 6) is -1.72. The van der Waals surface area contributed by atoms with E-state index in [4.69, 9.17) is 9.47 Å². The smallest absolute Gasteiger partial charge is 0.300 e. The number of ketones is 1. The Balaban J connectivity index is 1.58. The summed E-state index contributed by atoms with van der Waals surface area (Å²) in [5, 5.41) is 11.4. The van der Waals surface area contributed by atoms with Gasteiger partial charge in [-0.1, -0.05) is 54.6 Å². The summed E-state index contributed by atoms with van der Waals surface area (Å²) in [6.07, 6.45) is 0. The van der Waals surface area contributed by atoms with E-state index in [9.17, 15) is 14.7 Å². The number of rotatable bonds is 7. The summed E-state index contributed by atoms with van der Waals surface area (Å²) in [4.78, 5) is 27.9. The number of hydrogen-bond acceptors (Lipinski definition) is 5. The number of halogens is 1. The van der Waals surface area contributed by atoms with Crippen LogP contribution in [0, 0.1) is 12.7 Å². The van der Waals surface area contributed by atoms with Gasteiger partial charge >= 0.3 is 0 Å². The largest absolute Gasteiger partial charge is 0.507 e. The van der Waals surface area contributed by atoms with Crippen molar-refractivity contribution < 1.29 is 28.6 Å². The molecular formula is C32H26FNO5.